The number of nitrogens with one attached hydrogen (secondary N) is 2. The first-order valence-corrected chi connectivity index (χ1v) is 7.77. The summed E-state index contributed by atoms with van der Waals surface area (Å²) >= 11 is 6.06. The second kappa shape index (κ2) is 6.08. The molecule has 0 saturated carbocycles. The number of hydrogen-bond donors (Lipinski definition) is 2. The molecule has 2 heterocycles. The number of aromatic amines is 2. The topological polar surface area (TPSA) is 91.0 Å². The highest BCUT2D eigenvalue weighted by Gasteiger charge is 2.24. The molecular formula is C15H17ClN4O3. The lowest BCUT2D eigenvalue weighted by atomic mass is 9.95. The van der Waals surface area contributed by atoms with Crippen molar-refractivity contribution in [1.82, 2.24) is 19.7 Å². The van der Waals surface area contributed by atoms with Gasteiger partial charge in [-0.15, -0.1) is 0 Å². The predicted octanol–water partition coefficient (Wildman–Crippen LogP) is 0.707. The van der Waals surface area contributed by atoms with Gasteiger partial charge in [0.2, 0.25) is 5.91 Å². The van der Waals surface area contributed by atoms with Crippen molar-refractivity contribution in [1.29, 1.82) is 0 Å². The van der Waals surface area contributed by atoms with E-state index in [4.69, 9.17) is 11.6 Å². The molecule has 0 fully saturated rings. The number of amides is 1. The Kier molecular flexibility index (Phi) is 4.12. The number of aromatic nitrogens is 3. The van der Waals surface area contributed by atoms with E-state index in [2.05, 4.69) is 10.2 Å². The van der Waals surface area contributed by atoms with Gasteiger partial charge >= 0.3 is 11.4 Å². The number of fused-ring (bicyclic) bond motifs is 1. The molecular weight excluding hydrogens is 320 g/mol. The summed E-state index contributed by atoms with van der Waals surface area (Å²) in [6.45, 7) is 2.86. The molecule has 1 amide bonds. The number of carbonyl (C=O) groups is 1. The van der Waals surface area contributed by atoms with Gasteiger partial charge in [0.05, 0.1) is 0 Å². The number of benzene rings is 1. The number of nitrogens with zero attached hydrogens (tertiary/aromatic N) is 2. The normalized spacial score (nSPS) is 17.7. The van der Waals surface area contributed by atoms with Crippen LogP contribution in [0.4, 0.5) is 0 Å². The van der Waals surface area contributed by atoms with Crippen LogP contribution in [0.3, 0.4) is 0 Å². The van der Waals surface area contributed by atoms with Crippen LogP contribution in [-0.2, 0) is 17.8 Å². The minimum atomic E-state index is -0.610. The number of carbonyl (C=O) groups excluding carboxylic acids is 1. The molecule has 7 nitrogen and oxygen atoms in total. The molecule has 2 N–H and O–H groups in total. The van der Waals surface area contributed by atoms with Gasteiger partial charge in [0.1, 0.15) is 6.54 Å². The molecule has 2 aromatic rings. The van der Waals surface area contributed by atoms with E-state index in [1.54, 1.807) is 4.90 Å². The molecule has 8 heteroatoms. The standard InChI is InChI=1S/C15H17ClN4O3/c1-9-7-19(5-4-10-2-3-11(16)6-12(9)10)13(21)8-20-14(22)17-18-15(20)23/h2-3,6,9H,4-5,7-8H2,1H3,(H,17,22)(H,18,23). The van der Waals surface area contributed by atoms with Crippen LogP contribution in [0.2, 0.25) is 5.02 Å². The van der Waals surface area contributed by atoms with Gasteiger partial charge in [-0.2, -0.15) is 0 Å². The Bertz CT molecular complexity index is 823. The Hall–Kier alpha value is -2.28. The molecule has 3 rings (SSSR count). The third-order valence-electron chi connectivity index (χ3n) is 4.20. The summed E-state index contributed by atoms with van der Waals surface area (Å²) in [5, 5.41) is 5.02. The first kappa shape index (κ1) is 15.6. The smallest absolute Gasteiger partial charge is 0.340 e. The number of hydrogen-bond acceptors (Lipinski definition) is 3. The molecule has 1 aromatic heterocycles. The fourth-order valence-corrected chi connectivity index (χ4v) is 3.15. The van der Waals surface area contributed by atoms with Gasteiger partial charge in [0.25, 0.3) is 0 Å². The molecule has 122 valence electrons. The lowest BCUT2D eigenvalue weighted by Gasteiger charge is -2.23. The maximum absolute atomic E-state index is 12.5. The van der Waals surface area contributed by atoms with Crippen LogP contribution in [0.25, 0.3) is 0 Å². The molecule has 0 saturated heterocycles. The Morgan fingerprint density at radius 1 is 1.30 bits per heavy atom. The zero-order chi connectivity index (χ0) is 16.6. The van der Waals surface area contributed by atoms with Crippen molar-refractivity contribution in [2.24, 2.45) is 0 Å². The molecule has 1 unspecified atom stereocenters. The van der Waals surface area contributed by atoms with E-state index in [-0.39, 0.29) is 18.4 Å². The highest BCUT2D eigenvalue weighted by Crippen LogP contribution is 2.28. The lowest BCUT2D eigenvalue weighted by Crippen LogP contribution is -2.40. The molecule has 1 aromatic carbocycles. The summed E-state index contributed by atoms with van der Waals surface area (Å²) in [4.78, 5) is 37.1. The van der Waals surface area contributed by atoms with Crippen molar-refractivity contribution in [2.75, 3.05) is 13.1 Å². The average Bonchev–Trinajstić information content (AvgIpc) is 2.74. The minimum absolute atomic E-state index is 0.136. The van der Waals surface area contributed by atoms with Crippen molar-refractivity contribution in [3.63, 3.8) is 0 Å². The fraction of sp³-hybridized carbons (Fsp3) is 0.400. The van der Waals surface area contributed by atoms with Gasteiger partial charge in [-0.1, -0.05) is 24.6 Å². The second-order valence-corrected chi connectivity index (χ2v) is 6.22. The molecule has 0 spiro atoms. The minimum Gasteiger partial charge on any atom is -0.340 e. The van der Waals surface area contributed by atoms with E-state index < -0.39 is 11.4 Å². The monoisotopic (exact) mass is 336 g/mol. The molecule has 0 bridgehead atoms. The van der Waals surface area contributed by atoms with Crippen molar-refractivity contribution < 1.29 is 4.79 Å². The first-order chi connectivity index (χ1) is 11.0. The van der Waals surface area contributed by atoms with E-state index in [9.17, 15) is 14.4 Å². The maximum atomic E-state index is 12.5. The van der Waals surface area contributed by atoms with Crippen LogP contribution < -0.4 is 11.4 Å². The maximum Gasteiger partial charge on any atom is 0.344 e. The highest BCUT2D eigenvalue weighted by molar-refractivity contribution is 6.30. The molecule has 1 atom stereocenters. The zero-order valence-corrected chi connectivity index (χ0v) is 13.4. The number of halogens is 1. The van der Waals surface area contributed by atoms with Gasteiger partial charge in [-0.05, 0) is 35.6 Å². The van der Waals surface area contributed by atoms with Crippen molar-refractivity contribution in [3.8, 4) is 0 Å². The molecule has 1 aliphatic rings. The van der Waals surface area contributed by atoms with Crippen LogP contribution in [-0.4, -0.2) is 38.7 Å². The quantitative estimate of drug-likeness (QED) is 0.846. The summed E-state index contributed by atoms with van der Waals surface area (Å²) < 4.78 is 0.863. The van der Waals surface area contributed by atoms with Crippen LogP contribution in [0.5, 0.6) is 0 Å². The summed E-state index contributed by atoms with van der Waals surface area (Å²) in [6.07, 6.45) is 0.723. The molecule has 0 aliphatic carbocycles. The second-order valence-electron chi connectivity index (χ2n) is 5.78. The van der Waals surface area contributed by atoms with Gasteiger partial charge in [0.15, 0.2) is 0 Å². The van der Waals surface area contributed by atoms with Crippen molar-refractivity contribution in [2.45, 2.75) is 25.8 Å². The van der Waals surface area contributed by atoms with E-state index in [0.29, 0.717) is 18.1 Å². The van der Waals surface area contributed by atoms with Crippen molar-refractivity contribution in [3.05, 3.63) is 55.3 Å². The van der Waals surface area contributed by atoms with Gasteiger partial charge in [-0.25, -0.2) is 24.4 Å². The van der Waals surface area contributed by atoms with Gasteiger partial charge in [0, 0.05) is 18.1 Å². The van der Waals surface area contributed by atoms with E-state index in [1.165, 1.54) is 5.56 Å². The molecule has 23 heavy (non-hydrogen) atoms. The number of rotatable bonds is 2. The van der Waals surface area contributed by atoms with E-state index in [0.717, 1.165) is 16.6 Å². The summed E-state index contributed by atoms with van der Waals surface area (Å²) in [6, 6.07) is 5.78. The Morgan fingerprint density at radius 3 is 2.70 bits per heavy atom. The summed E-state index contributed by atoms with van der Waals surface area (Å²) in [7, 11) is 0. The van der Waals surface area contributed by atoms with Crippen molar-refractivity contribution >= 4 is 17.5 Å². The average molecular weight is 337 g/mol. The van der Waals surface area contributed by atoms with Crippen LogP contribution >= 0.6 is 11.6 Å². The Labute approximate surface area is 136 Å². The highest BCUT2D eigenvalue weighted by atomic mass is 35.5. The van der Waals surface area contributed by atoms with Gasteiger partial charge < -0.3 is 4.90 Å². The first-order valence-electron chi connectivity index (χ1n) is 7.39. The van der Waals surface area contributed by atoms with Crippen LogP contribution in [0.1, 0.15) is 24.0 Å². The fourth-order valence-electron chi connectivity index (χ4n) is 2.97. The van der Waals surface area contributed by atoms with Gasteiger partial charge in [-0.3, -0.25) is 4.79 Å². The summed E-state index contributed by atoms with van der Waals surface area (Å²) in [5.74, 6) is -0.112. The van der Waals surface area contributed by atoms with E-state index >= 15 is 0 Å². The van der Waals surface area contributed by atoms with Crippen LogP contribution in [0.15, 0.2) is 27.8 Å². The number of H-pyrrole nitrogens is 2. The summed E-state index contributed by atoms with van der Waals surface area (Å²) in [5.41, 5.74) is 1.10. The largest absolute Gasteiger partial charge is 0.344 e. The zero-order valence-electron chi connectivity index (χ0n) is 12.6. The Morgan fingerprint density at radius 2 is 2.00 bits per heavy atom. The molecule has 0 radical (unpaired) electrons. The molecule has 1 aliphatic heterocycles. The third-order valence-corrected chi connectivity index (χ3v) is 4.43. The van der Waals surface area contributed by atoms with E-state index in [1.807, 2.05) is 25.1 Å². The third kappa shape index (κ3) is 3.10. The Balaban J connectivity index is 1.79. The lowest BCUT2D eigenvalue weighted by molar-refractivity contribution is -0.132. The van der Waals surface area contributed by atoms with Crippen LogP contribution in [0, 0.1) is 0 Å². The predicted molar refractivity (Wildman–Crippen MR) is 85.8 cm³/mol. The SMILES string of the molecule is CC1CN(C(=O)Cn2c(=O)[nH][nH]c2=O)CCc2ccc(Cl)cc21.